The standard InChI is InChI=1S/C10H26N4.C4H8O2/c11-5-3-9-13-7-1-2-8-14-10-4-6-12;1-3-6-4(2)5/h13-14H,1-12H2;3H2,1-2H3. The number of rotatable bonds is 12. The number of carbonyl (C=O) groups excluding carboxylic acids is 1. The van der Waals surface area contributed by atoms with E-state index in [1.807, 2.05) is 0 Å². The van der Waals surface area contributed by atoms with Crippen LogP contribution in [-0.4, -0.2) is 51.8 Å². The molecule has 0 aromatic rings. The number of nitrogens with two attached hydrogens (primary N) is 2. The molecule has 0 radical (unpaired) electrons. The molecule has 20 heavy (non-hydrogen) atoms. The Labute approximate surface area is 124 Å². The van der Waals surface area contributed by atoms with Crippen LogP contribution < -0.4 is 22.1 Å². The summed E-state index contributed by atoms with van der Waals surface area (Å²) in [4.78, 5) is 9.82. The van der Waals surface area contributed by atoms with E-state index in [2.05, 4.69) is 15.4 Å². The van der Waals surface area contributed by atoms with E-state index in [4.69, 9.17) is 11.5 Å². The summed E-state index contributed by atoms with van der Waals surface area (Å²) < 4.78 is 4.40. The molecule has 0 amide bonds. The number of carbonyl (C=O) groups is 1. The highest BCUT2D eigenvalue weighted by atomic mass is 16.5. The summed E-state index contributed by atoms with van der Waals surface area (Å²) >= 11 is 0. The van der Waals surface area contributed by atoms with Crippen LogP contribution in [0.4, 0.5) is 0 Å². The normalized spacial score (nSPS) is 9.80. The van der Waals surface area contributed by atoms with E-state index in [-0.39, 0.29) is 5.97 Å². The van der Waals surface area contributed by atoms with Crippen LogP contribution in [0.3, 0.4) is 0 Å². The van der Waals surface area contributed by atoms with Crippen molar-refractivity contribution in [1.82, 2.24) is 10.6 Å². The fraction of sp³-hybridized carbons (Fsp3) is 0.929. The van der Waals surface area contributed by atoms with Gasteiger partial charge in [0.05, 0.1) is 6.61 Å². The largest absolute Gasteiger partial charge is 0.466 e. The van der Waals surface area contributed by atoms with Crippen molar-refractivity contribution >= 4 is 5.97 Å². The molecule has 0 aromatic carbocycles. The average Bonchev–Trinajstić information content (AvgIpc) is 2.41. The molecule has 0 heterocycles. The van der Waals surface area contributed by atoms with Crippen LogP contribution in [0.15, 0.2) is 0 Å². The third-order valence-corrected chi connectivity index (χ3v) is 2.42. The highest BCUT2D eigenvalue weighted by molar-refractivity contribution is 5.65. The van der Waals surface area contributed by atoms with Gasteiger partial charge in [-0.15, -0.1) is 0 Å². The Balaban J connectivity index is 0. The average molecular weight is 290 g/mol. The van der Waals surface area contributed by atoms with Crippen LogP contribution in [0.25, 0.3) is 0 Å². The van der Waals surface area contributed by atoms with Crippen LogP contribution in [0.2, 0.25) is 0 Å². The zero-order valence-corrected chi connectivity index (χ0v) is 13.2. The van der Waals surface area contributed by atoms with Gasteiger partial charge in [-0.3, -0.25) is 4.79 Å². The van der Waals surface area contributed by atoms with E-state index in [0.29, 0.717) is 6.61 Å². The zero-order chi connectivity index (χ0) is 15.5. The van der Waals surface area contributed by atoms with Crippen molar-refractivity contribution in [2.45, 2.75) is 39.5 Å². The van der Waals surface area contributed by atoms with Crippen LogP contribution in [0, 0.1) is 0 Å². The summed E-state index contributed by atoms with van der Waals surface area (Å²) in [5, 5.41) is 6.72. The minimum Gasteiger partial charge on any atom is -0.466 e. The molecule has 0 atom stereocenters. The quantitative estimate of drug-likeness (QED) is 0.303. The van der Waals surface area contributed by atoms with Gasteiger partial charge in [0.25, 0.3) is 0 Å². The van der Waals surface area contributed by atoms with Gasteiger partial charge >= 0.3 is 5.97 Å². The minimum atomic E-state index is -0.211. The molecule has 6 nitrogen and oxygen atoms in total. The minimum absolute atomic E-state index is 0.211. The van der Waals surface area contributed by atoms with Crippen molar-refractivity contribution in [1.29, 1.82) is 0 Å². The Kier molecular flexibility index (Phi) is 22.3. The number of hydrogen-bond donors (Lipinski definition) is 4. The molecular weight excluding hydrogens is 256 g/mol. The van der Waals surface area contributed by atoms with E-state index >= 15 is 0 Å². The Morgan fingerprint density at radius 2 is 1.30 bits per heavy atom. The summed E-state index contributed by atoms with van der Waals surface area (Å²) in [6.07, 6.45) is 4.63. The maximum atomic E-state index is 9.82. The Morgan fingerprint density at radius 3 is 1.55 bits per heavy atom. The van der Waals surface area contributed by atoms with Crippen LogP contribution in [0.1, 0.15) is 39.5 Å². The highest BCUT2D eigenvalue weighted by Crippen LogP contribution is 1.85. The monoisotopic (exact) mass is 290 g/mol. The maximum absolute atomic E-state index is 9.82. The highest BCUT2D eigenvalue weighted by Gasteiger charge is 1.89. The molecule has 0 unspecified atom stereocenters. The van der Waals surface area contributed by atoms with Crippen LogP contribution in [-0.2, 0) is 9.53 Å². The van der Waals surface area contributed by atoms with E-state index in [1.54, 1.807) is 6.92 Å². The number of esters is 1. The molecule has 0 saturated carbocycles. The smallest absolute Gasteiger partial charge is 0.302 e. The third kappa shape index (κ3) is 26.0. The Bertz CT molecular complexity index is 180. The van der Waals surface area contributed by atoms with Gasteiger partial charge in [0.15, 0.2) is 0 Å². The Morgan fingerprint density at radius 1 is 0.900 bits per heavy atom. The SMILES string of the molecule is CCOC(C)=O.NCCCNCCCCNCCCN. The molecule has 0 rings (SSSR count). The van der Waals surface area contributed by atoms with Crippen molar-refractivity contribution in [3.05, 3.63) is 0 Å². The molecule has 0 spiro atoms. The zero-order valence-electron chi connectivity index (χ0n) is 13.2. The second-order valence-corrected chi connectivity index (χ2v) is 4.42. The number of unbranched alkanes of at least 4 members (excludes halogenated alkanes) is 1. The summed E-state index contributed by atoms with van der Waals surface area (Å²) in [5.41, 5.74) is 10.8. The van der Waals surface area contributed by atoms with Crippen molar-refractivity contribution in [2.24, 2.45) is 11.5 Å². The van der Waals surface area contributed by atoms with E-state index < -0.39 is 0 Å². The summed E-state index contributed by atoms with van der Waals surface area (Å²) in [7, 11) is 0. The molecule has 0 bridgehead atoms. The topological polar surface area (TPSA) is 102 Å². The van der Waals surface area contributed by atoms with E-state index in [9.17, 15) is 4.79 Å². The molecule has 0 fully saturated rings. The van der Waals surface area contributed by atoms with Gasteiger partial charge in [-0.1, -0.05) is 0 Å². The molecule has 6 N–H and O–H groups in total. The lowest BCUT2D eigenvalue weighted by Gasteiger charge is -2.04. The number of hydrogen-bond acceptors (Lipinski definition) is 6. The predicted octanol–water partition coefficient (Wildman–Crippen LogP) is 0.213. The van der Waals surface area contributed by atoms with Crippen LogP contribution in [0.5, 0.6) is 0 Å². The fourth-order valence-corrected chi connectivity index (χ4v) is 1.41. The van der Waals surface area contributed by atoms with Gasteiger partial charge < -0.3 is 26.8 Å². The molecule has 0 aliphatic carbocycles. The van der Waals surface area contributed by atoms with Crippen molar-refractivity contribution in [2.75, 3.05) is 45.9 Å². The number of nitrogens with one attached hydrogen (secondary N) is 2. The first-order valence-electron chi connectivity index (χ1n) is 7.63. The lowest BCUT2D eigenvalue weighted by molar-refractivity contribution is -0.140. The van der Waals surface area contributed by atoms with Crippen molar-refractivity contribution in [3.8, 4) is 0 Å². The lowest BCUT2D eigenvalue weighted by atomic mass is 10.3. The molecule has 6 heteroatoms. The predicted molar refractivity (Wildman–Crippen MR) is 84.6 cm³/mol. The summed E-state index contributed by atoms with van der Waals surface area (Å²) in [6, 6.07) is 0. The van der Waals surface area contributed by atoms with Crippen molar-refractivity contribution in [3.63, 3.8) is 0 Å². The van der Waals surface area contributed by atoms with Crippen molar-refractivity contribution < 1.29 is 9.53 Å². The molecule has 0 aromatic heterocycles. The van der Waals surface area contributed by atoms with Gasteiger partial charge in [0, 0.05) is 6.92 Å². The second-order valence-electron chi connectivity index (χ2n) is 4.42. The molecule has 0 aliphatic heterocycles. The maximum Gasteiger partial charge on any atom is 0.302 e. The first-order chi connectivity index (χ1) is 9.68. The summed E-state index contributed by atoms with van der Waals surface area (Å²) in [5.74, 6) is -0.211. The summed E-state index contributed by atoms with van der Waals surface area (Å²) in [6.45, 7) is 9.55. The second kappa shape index (κ2) is 20.6. The first kappa shape index (κ1) is 21.6. The molecule has 0 saturated heterocycles. The van der Waals surface area contributed by atoms with Crippen LogP contribution >= 0.6 is 0 Å². The van der Waals surface area contributed by atoms with E-state index in [1.165, 1.54) is 19.8 Å². The Hall–Kier alpha value is -0.690. The van der Waals surface area contributed by atoms with Gasteiger partial charge in [-0.2, -0.15) is 0 Å². The van der Waals surface area contributed by atoms with Gasteiger partial charge in [-0.05, 0) is 71.9 Å². The first-order valence-corrected chi connectivity index (χ1v) is 7.63. The van der Waals surface area contributed by atoms with E-state index in [0.717, 1.165) is 52.1 Å². The number of ether oxygens (including phenoxy) is 1. The molecule has 0 aliphatic rings. The molecule has 122 valence electrons. The van der Waals surface area contributed by atoms with Gasteiger partial charge in [0.2, 0.25) is 0 Å². The lowest BCUT2D eigenvalue weighted by Crippen LogP contribution is -2.22. The van der Waals surface area contributed by atoms with Gasteiger partial charge in [-0.25, -0.2) is 0 Å². The molecular formula is C14H34N4O2. The third-order valence-electron chi connectivity index (χ3n) is 2.42. The van der Waals surface area contributed by atoms with Gasteiger partial charge in [0.1, 0.15) is 0 Å². The fourth-order valence-electron chi connectivity index (χ4n) is 1.41.